The number of hydrogen-bond donors (Lipinski definition) is 0. The van der Waals surface area contributed by atoms with Crippen LogP contribution in [0.2, 0.25) is 0 Å². The summed E-state index contributed by atoms with van der Waals surface area (Å²) in [6.45, 7) is 10.8. The van der Waals surface area contributed by atoms with Crippen molar-refractivity contribution in [1.29, 1.82) is 0 Å². The zero-order valence-electron chi connectivity index (χ0n) is 83.4. The molecule has 0 atom stereocenters. The Hall–Kier alpha value is -18.9. The lowest BCUT2D eigenvalue weighted by Crippen LogP contribution is -1.97. The smallest absolute Gasteiger partial charge is 0.0619 e. The Morgan fingerprint density at radius 3 is 0.669 bits per heavy atom. The summed E-state index contributed by atoms with van der Waals surface area (Å²) < 4.78 is 12.1. The Bertz CT molecular complexity index is 9630. The standard InChI is InChI=1S/3C31H23N.2C25H19N/c1-22-11-8-14-24(21-22)27-18-10-20-29-28-19-9-17-26(23-12-4-2-5-13-23)30(28)32(31(27)29)25-15-6-3-7-16-25;1-22-18-20-24(21-19-22)27-15-9-17-29-28-16-8-14-26(23-10-4-2-5-11-23)30(28)32(31(27)29)25-12-6-3-7-13-25;1-22-12-8-9-17-25(22)27-19-11-21-29-28-20-10-18-26(23-13-4-2-5-14-23)30(28)32(31(27)29)24-15-6-3-7-16-24;1-18-10-12-19(13-11-18)20-14-16-21(17-15-20)26-24-8-4-2-6-22(24)23-7-3-5-9-25(23)26;1-18-10-8-16-22-23-17-9-15-21(19-11-4-2-5-12-19)25(23)26(24(18)22)20-13-6-3-7-14-20/h3*2-21H,1H3;2*2-17H,1H3. The Balaban J connectivity index is 0.0000000991. The van der Waals surface area contributed by atoms with Gasteiger partial charge in [-0.05, 0) is 169 Å². The molecule has 0 saturated heterocycles. The van der Waals surface area contributed by atoms with Crippen molar-refractivity contribution >= 4 is 109 Å². The fourth-order valence-corrected chi connectivity index (χ4v) is 22.2. The normalized spacial score (nSPS) is 11.3. The highest BCUT2D eigenvalue weighted by atomic mass is 15.0. The second-order valence-corrected chi connectivity index (χ2v) is 38.4. The predicted molar refractivity (Wildman–Crippen MR) is 631 cm³/mol. The molecule has 0 unspecified atom stereocenters. The lowest BCUT2D eigenvalue weighted by Gasteiger charge is -2.14. The van der Waals surface area contributed by atoms with Gasteiger partial charge in [-0.15, -0.1) is 0 Å². The van der Waals surface area contributed by atoms with E-state index in [4.69, 9.17) is 0 Å². The molecule has 0 bridgehead atoms. The van der Waals surface area contributed by atoms with E-state index in [0.29, 0.717) is 0 Å². The third-order valence-electron chi connectivity index (χ3n) is 29.1. The molecule has 0 amide bonds. The van der Waals surface area contributed by atoms with Gasteiger partial charge in [0.15, 0.2) is 0 Å². The van der Waals surface area contributed by atoms with Gasteiger partial charge in [-0.2, -0.15) is 0 Å². The quantitative estimate of drug-likeness (QED) is 0.110. The molecule has 5 heterocycles. The van der Waals surface area contributed by atoms with Crippen LogP contribution in [0.3, 0.4) is 0 Å². The van der Waals surface area contributed by atoms with E-state index in [2.05, 4.69) is 616 Å². The third-order valence-corrected chi connectivity index (χ3v) is 29.1. The number of aryl methyl sites for hydroxylation is 5. The van der Waals surface area contributed by atoms with Crippen LogP contribution in [-0.2, 0) is 0 Å². The van der Waals surface area contributed by atoms with Gasteiger partial charge in [0.25, 0.3) is 0 Å². The van der Waals surface area contributed by atoms with Crippen LogP contribution in [0.5, 0.6) is 0 Å². The van der Waals surface area contributed by atoms with Crippen LogP contribution < -0.4 is 0 Å². The van der Waals surface area contributed by atoms with Gasteiger partial charge in [0, 0.05) is 121 Å². The molecule has 0 saturated carbocycles. The summed E-state index contributed by atoms with van der Waals surface area (Å²) in [7, 11) is 0. The second-order valence-electron chi connectivity index (χ2n) is 38.4. The first kappa shape index (κ1) is 91.5. The minimum atomic E-state index is 1.18. The largest absolute Gasteiger partial charge is 0.309 e. The van der Waals surface area contributed by atoms with Gasteiger partial charge in [-0.1, -0.05) is 502 Å². The van der Waals surface area contributed by atoms with E-state index in [0.717, 1.165) is 0 Å². The number of nitrogens with zero attached hydrogens (tertiary/aromatic N) is 5. The van der Waals surface area contributed by atoms with Crippen molar-refractivity contribution in [1.82, 2.24) is 22.8 Å². The zero-order chi connectivity index (χ0) is 99.5. The van der Waals surface area contributed by atoms with E-state index in [1.165, 1.54) is 254 Å². The molecule has 5 aromatic heterocycles. The minimum Gasteiger partial charge on any atom is -0.309 e. The molecular weight excluding hydrogens is 1790 g/mol. The first-order valence-electron chi connectivity index (χ1n) is 51.1. The SMILES string of the molecule is Cc1ccc(-c2ccc(-n3c4ccccc4c4ccccc43)cc2)cc1.Cc1ccc(-c2cccc3c4cccc(-c5ccccc5)c4n(-c4ccccc4)c23)cc1.Cc1cccc(-c2cccc3c4cccc(-c5ccccc5)c4n(-c4ccccc4)c23)c1.Cc1cccc2c3cccc(-c4ccccc4)c3n(-c3ccccc3)c12.Cc1ccccc1-c1cccc2c3cccc(-c4ccccc4)c3n(-c3ccccc3)c12. The van der Waals surface area contributed by atoms with E-state index in [9.17, 15) is 0 Å². The van der Waals surface area contributed by atoms with Crippen LogP contribution >= 0.6 is 0 Å². The van der Waals surface area contributed by atoms with Gasteiger partial charge in [-0.3, -0.25) is 0 Å². The van der Waals surface area contributed by atoms with E-state index in [1.807, 2.05) is 0 Å². The van der Waals surface area contributed by atoms with E-state index < -0.39 is 0 Å². The minimum absolute atomic E-state index is 1.18. The summed E-state index contributed by atoms with van der Waals surface area (Å²) in [6, 6.07) is 200. The first-order chi connectivity index (χ1) is 73.1. The summed E-state index contributed by atoms with van der Waals surface area (Å²) in [4.78, 5) is 0. The van der Waals surface area contributed by atoms with Crippen molar-refractivity contribution in [2.45, 2.75) is 34.6 Å². The number of benzene rings is 23. The zero-order valence-corrected chi connectivity index (χ0v) is 83.4. The molecule has 0 fully saturated rings. The average Bonchev–Trinajstić information content (AvgIpc) is 1.56. The summed E-state index contributed by atoms with van der Waals surface area (Å²) in [5, 5.41) is 12.9. The second kappa shape index (κ2) is 40.5. The molecule has 0 N–H and O–H groups in total. The molecule has 28 aromatic rings. The van der Waals surface area contributed by atoms with Crippen molar-refractivity contribution in [2.24, 2.45) is 0 Å². The molecule has 704 valence electrons. The number of fused-ring (bicyclic) bond motifs is 15. The number of hydrogen-bond acceptors (Lipinski definition) is 0. The molecule has 28 rings (SSSR count). The molecule has 0 spiro atoms. The lowest BCUT2D eigenvalue weighted by molar-refractivity contribution is 1.17. The maximum Gasteiger partial charge on any atom is 0.0619 e. The van der Waals surface area contributed by atoms with Crippen molar-refractivity contribution < 1.29 is 0 Å². The summed E-state index contributed by atoms with van der Waals surface area (Å²) >= 11 is 0. The highest BCUT2D eigenvalue weighted by Gasteiger charge is 2.26. The average molecular weight is 1900 g/mol. The molecule has 0 aliphatic carbocycles. The molecular formula is C143H107N5. The highest BCUT2D eigenvalue weighted by Crippen LogP contribution is 2.49. The predicted octanol–water partition coefficient (Wildman–Crippen LogP) is 38.8. The topological polar surface area (TPSA) is 24.6 Å². The van der Waals surface area contributed by atoms with Gasteiger partial charge in [0.1, 0.15) is 0 Å². The highest BCUT2D eigenvalue weighted by molar-refractivity contribution is 6.21. The van der Waals surface area contributed by atoms with Crippen LogP contribution in [0, 0.1) is 34.6 Å². The number of aromatic nitrogens is 5. The molecule has 5 heteroatoms. The van der Waals surface area contributed by atoms with E-state index in [1.54, 1.807) is 0 Å². The maximum atomic E-state index is 2.45. The van der Waals surface area contributed by atoms with Gasteiger partial charge in [0.05, 0.1) is 55.2 Å². The van der Waals surface area contributed by atoms with Crippen LogP contribution in [0.4, 0.5) is 0 Å². The number of rotatable bonds is 13. The van der Waals surface area contributed by atoms with E-state index in [-0.39, 0.29) is 0 Å². The maximum absolute atomic E-state index is 2.45. The van der Waals surface area contributed by atoms with E-state index >= 15 is 0 Å². The van der Waals surface area contributed by atoms with Gasteiger partial charge < -0.3 is 22.8 Å². The van der Waals surface area contributed by atoms with Crippen LogP contribution in [-0.4, -0.2) is 22.8 Å². The summed E-state index contributed by atoms with van der Waals surface area (Å²) in [5.74, 6) is 0. The van der Waals surface area contributed by atoms with Crippen molar-refractivity contribution in [3.05, 3.63) is 586 Å². The Labute approximate surface area is 863 Å². The molecule has 148 heavy (non-hydrogen) atoms. The fourth-order valence-electron chi connectivity index (χ4n) is 22.2. The molecule has 0 aliphatic rings. The summed E-state index contributed by atoms with van der Waals surface area (Å²) in [5.41, 5.74) is 44.9. The van der Waals surface area contributed by atoms with Crippen molar-refractivity contribution in [3.63, 3.8) is 0 Å². The Kier molecular flexibility index (Phi) is 25.0. The van der Waals surface area contributed by atoms with Gasteiger partial charge in [0.2, 0.25) is 0 Å². The monoisotopic (exact) mass is 1890 g/mol. The van der Waals surface area contributed by atoms with Crippen molar-refractivity contribution in [3.8, 4) is 117 Å². The van der Waals surface area contributed by atoms with Gasteiger partial charge in [-0.25, -0.2) is 0 Å². The van der Waals surface area contributed by atoms with Crippen LogP contribution in [0.1, 0.15) is 27.8 Å². The number of para-hydroxylation sites is 14. The van der Waals surface area contributed by atoms with Crippen LogP contribution in [0.25, 0.3) is 226 Å². The van der Waals surface area contributed by atoms with Crippen LogP contribution in [0.15, 0.2) is 558 Å². The molecule has 0 radical (unpaired) electrons. The Morgan fingerprint density at radius 1 is 0.115 bits per heavy atom. The molecule has 0 aliphatic heterocycles. The van der Waals surface area contributed by atoms with Crippen molar-refractivity contribution in [2.75, 3.05) is 0 Å². The summed E-state index contributed by atoms with van der Waals surface area (Å²) in [6.07, 6.45) is 0. The molecule has 5 nitrogen and oxygen atoms in total. The fraction of sp³-hybridized carbons (Fsp3) is 0.0350. The van der Waals surface area contributed by atoms with Gasteiger partial charge >= 0.3 is 0 Å². The Morgan fingerprint density at radius 2 is 0.331 bits per heavy atom. The third kappa shape index (κ3) is 17.3. The lowest BCUT2D eigenvalue weighted by atomic mass is 9.98. The molecule has 23 aromatic carbocycles. The first-order valence-corrected chi connectivity index (χ1v) is 51.1.